The van der Waals surface area contributed by atoms with Gasteiger partial charge in [0.25, 0.3) is 0 Å². The van der Waals surface area contributed by atoms with Gasteiger partial charge in [0, 0.05) is 12.2 Å². The van der Waals surface area contributed by atoms with Crippen LogP contribution in [0.15, 0.2) is 22.6 Å². The number of rotatable bonds is 4. The number of ether oxygens (including phenoxy) is 2. The van der Waals surface area contributed by atoms with Crippen molar-refractivity contribution < 1.29 is 13.9 Å². The smallest absolute Gasteiger partial charge is 0.247 e. The standard InChI is InChI=1S/C16H20N2O3/c1-3-20-14-7-6-12(9-11(14)2)15-17-18-16(21-15)13-5-4-8-19-10-13/h6-7,9,13H,3-5,8,10H2,1-2H3. The average Bonchev–Trinajstić information content (AvgIpc) is 3.00. The van der Waals surface area contributed by atoms with Gasteiger partial charge in [-0.25, -0.2) is 0 Å². The lowest BCUT2D eigenvalue weighted by Gasteiger charge is -2.18. The quantitative estimate of drug-likeness (QED) is 0.863. The van der Waals surface area contributed by atoms with E-state index < -0.39 is 0 Å². The molecule has 0 bridgehead atoms. The monoisotopic (exact) mass is 288 g/mol. The Kier molecular flexibility index (Phi) is 4.20. The summed E-state index contributed by atoms with van der Waals surface area (Å²) in [6, 6.07) is 5.91. The van der Waals surface area contributed by atoms with Crippen LogP contribution in [0.3, 0.4) is 0 Å². The third kappa shape index (κ3) is 3.08. The number of aryl methyl sites for hydroxylation is 1. The van der Waals surface area contributed by atoms with Gasteiger partial charge >= 0.3 is 0 Å². The molecule has 0 spiro atoms. The molecule has 112 valence electrons. The number of aromatic nitrogens is 2. The van der Waals surface area contributed by atoms with Gasteiger partial charge in [-0.15, -0.1) is 10.2 Å². The van der Waals surface area contributed by atoms with E-state index in [1.807, 2.05) is 32.0 Å². The molecule has 0 radical (unpaired) electrons. The maximum absolute atomic E-state index is 5.82. The normalized spacial score (nSPS) is 18.7. The molecule has 0 aliphatic carbocycles. The molecule has 1 aromatic heterocycles. The van der Waals surface area contributed by atoms with E-state index in [2.05, 4.69) is 10.2 Å². The molecule has 0 amide bonds. The van der Waals surface area contributed by atoms with Crippen molar-refractivity contribution in [1.82, 2.24) is 10.2 Å². The summed E-state index contributed by atoms with van der Waals surface area (Å²) in [6.07, 6.45) is 2.09. The van der Waals surface area contributed by atoms with Crippen LogP contribution < -0.4 is 4.74 Å². The van der Waals surface area contributed by atoms with Crippen LogP contribution in [0.4, 0.5) is 0 Å². The minimum Gasteiger partial charge on any atom is -0.494 e. The fourth-order valence-electron chi connectivity index (χ4n) is 2.55. The summed E-state index contributed by atoms with van der Waals surface area (Å²) in [4.78, 5) is 0. The zero-order valence-electron chi connectivity index (χ0n) is 12.5. The number of hydrogen-bond acceptors (Lipinski definition) is 5. The Labute approximate surface area is 124 Å². The van der Waals surface area contributed by atoms with E-state index in [1.165, 1.54) is 0 Å². The minimum atomic E-state index is 0.226. The van der Waals surface area contributed by atoms with Crippen LogP contribution in [-0.4, -0.2) is 30.0 Å². The summed E-state index contributed by atoms with van der Waals surface area (Å²) in [5, 5.41) is 8.34. The van der Waals surface area contributed by atoms with E-state index in [4.69, 9.17) is 13.9 Å². The first-order chi connectivity index (χ1) is 10.3. The average molecular weight is 288 g/mol. The highest BCUT2D eigenvalue weighted by atomic mass is 16.5. The summed E-state index contributed by atoms with van der Waals surface area (Å²) < 4.78 is 16.8. The lowest BCUT2D eigenvalue weighted by molar-refractivity contribution is 0.0727. The van der Waals surface area contributed by atoms with Crippen molar-refractivity contribution in [2.75, 3.05) is 19.8 Å². The molecule has 2 heterocycles. The Balaban J connectivity index is 1.80. The molecule has 1 fully saturated rings. The number of hydrogen-bond donors (Lipinski definition) is 0. The van der Waals surface area contributed by atoms with Crippen LogP contribution in [0.1, 0.15) is 37.1 Å². The number of nitrogens with zero attached hydrogens (tertiary/aromatic N) is 2. The molecule has 1 atom stereocenters. The lowest BCUT2D eigenvalue weighted by Crippen LogP contribution is -2.15. The molecule has 2 aromatic rings. The Morgan fingerprint density at radius 2 is 2.24 bits per heavy atom. The molecule has 0 N–H and O–H groups in total. The Morgan fingerprint density at radius 1 is 1.33 bits per heavy atom. The lowest BCUT2D eigenvalue weighted by atomic mass is 10.0. The molecule has 21 heavy (non-hydrogen) atoms. The largest absolute Gasteiger partial charge is 0.494 e. The van der Waals surface area contributed by atoms with E-state index in [1.54, 1.807) is 0 Å². The second-order valence-corrected chi connectivity index (χ2v) is 5.27. The van der Waals surface area contributed by atoms with Gasteiger partial charge in [0.15, 0.2) is 0 Å². The third-order valence-electron chi connectivity index (χ3n) is 3.67. The van der Waals surface area contributed by atoms with Crippen LogP contribution in [0.2, 0.25) is 0 Å². The van der Waals surface area contributed by atoms with E-state index in [0.29, 0.717) is 25.0 Å². The van der Waals surface area contributed by atoms with Crippen LogP contribution >= 0.6 is 0 Å². The zero-order valence-corrected chi connectivity index (χ0v) is 12.5. The van der Waals surface area contributed by atoms with Gasteiger partial charge in [-0.05, 0) is 50.5 Å². The molecule has 1 unspecified atom stereocenters. The minimum absolute atomic E-state index is 0.226. The first-order valence-electron chi connectivity index (χ1n) is 7.43. The van der Waals surface area contributed by atoms with Crippen LogP contribution in [0.5, 0.6) is 5.75 Å². The Hall–Kier alpha value is -1.88. The molecular weight excluding hydrogens is 268 g/mol. The first-order valence-corrected chi connectivity index (χ1v) is 7.43. The summed E-state index contributed by atoms with van der Waals surface area (Å²) in [7, 11) is 0. The van der Waals surface area contributed by atoms with Gasteiger partial charge in [0.2, 0.25) is 11.8 Å². The van der Waals surface area contributed by atoms with Crippen LogP contribution in [0, 0.1) is 6.92 Å². The zero-order chi connectivity index (χ0) is 14.7. The van der Waals surface area contributed by atoms with Crippen molar-refractivity contribution in [3.8, 4) is 17.2 Å². The molecule has 1 saturated heterocycles. The second kappa shape index (κ2) is 6.26. The van der Waals surface area contributed by atoms with Crippen molar-refractivity contribution in [2.24, 2.45) is 0 Å². The van der Waals surface area contributed by atoms with Gasteiger partial charge < -0.3 is 13.9 Å². The molecule has 0 saturated carbocycles. The molecule has 1 aliphatic heterocycles. The predicted octanol–water partition coefficient (Wildman–Crippen LogP) is 3.34. The van der Waals surface area contributed by atoms with E-state index >= 15 is 0 Å². The number of benzene rings is 1. The van der Waals surface area contributed by atoms with Gasteiger partial charge in [0.1, 0.15) is 5.75 Å². The molecular formula is C16H20N2O3. The van der Waals surface area contributed by atoms with E-state index in [-0.39, 0.29) is 5.92 Å². The van der Waals surface area contributed by atoms with Gasteiger partial charge in [-0.3, -0.25) is 0 Å². The fraction of sp³-hybridized carbons (Fsp3) is 0.500. The van der Waals surface area contributed by atoms with Crippen molar-refractivity contribution in [1.29, 1.82) is 0 Å². The Morgan fingerprint density at radius 3 is 2.95 bits per heavy atom. The molecule has 3 rings (SSSR count). The van der Waals surface area contributed by atoms with E-state index in [0.717, 1.165) is 36.3 Å². The molecule has 5 nitrogen and oxygen atoms in total. The van der Waals surface area contributed by atoms with Crippen LogP contribution in [0.25, 0.3) is 11.5 Å². The molecule has 1 aliphatic rings. The summed E-state index contributed by atoms with van der Waals surface area (Å²) in [6.45, 7) is 6.15. The first kappa shape index (κ1) is 14.1. The maximum Gasteiger partial charge on any atom is 0.247 e. The van der Waals surface area contributed by atoms with Gasteiger partial charge in [-0.1, -0.05) is 0 Å². The van der Waals surface area contributed by atoms with Gasteiger partial charge in [0.05, 0.1) is 19.1 Å². The van der Waals surface area contributed by atoms with Crippen LogP contribution in [-0.2, 0) is 4.74 Å². The highest BCUT2D eigenvalue weighted by Crippen LogP contribution is 2.29. The van der Waals surface area contributed by atoms with Crippen molar-refractivity contribution in [3.05, 3.63) is 29.7 Å². The highest BCUT2D eigenvalue weighted by molar-refractivity contribution is 5.56. The fourth-order valence-corrected chi connectivity index (χ4v) is 2.55. The predicted molar refractivity (Wildman–Crippen MR) is 78.4 cm³/mol. The van der Waals surface area contributed by atoms with Crippen molar-refractivity contribution in [2.45, 2.75) is 32.6 Å². The van der Waals surface area contributed by atoms with Crippen molar-refractivity contribution >= 4 is 0 Å². The summed E-state index contributed by atoms with van der Waals surface area (Å²) in [5.74, 6) is 2.35. The topological polar surface area (TPSA) is 57.4 Å². The summed E-state index contributed by atoms with van der Waals surface area (Å²) >= 11 is 0. The highest BCUT2D eigenvalue weighted by Gasteiger charge is 2.22. The second-order valence-electron chi connectivity index (χ2n) is 5.27. The van der Waals surface area contributed by atoms with Crippen molar-refractivity contribution in [3.63, 3.8) is 0 Å². The third-order valence-corrected chi connectivity index (χ3v) is 3.67. The molecule has 1 aromatic carbocycles. The van der Waals surface area contributed by atoms with E-state index in [9.17, 15) is 0 Å². The van der Waals surface area contributed by atoms with Gasteiger partial charge in [-0.2, -0.15) is 0 Å². The SMILES string of the molecule is CCOc1ccc(-c2nnc(C3CCCOC3)o2)cc1C. The molecule has 5 heteroatoms. The maximum atomic E-state index is 5.82. The summed E-state index contributed by atoms with van der Waals surface area (Å²) in [5.41, 5.74) is 1.99. The Bertz CT molecular complexity index is 603.